The van der Waals surface area contributed by atoms with Gasteiger partial charge >= 0.3 is 0 Å². The molecule has 22 heavy (non-hydrogen) atoms. The van der Waals surface area contributed by atoms with Crippen LogP contribution in [0.5, 0.6) is 11.5 Å². The average Bonchev–Trinajstić information content (AvgIpc) is 2.55. The Labute approximate surface area is 131 Å². The van der Waals surface area contributed by atoms with Gasteiger partial charge in [-0.05, 0) is 55.3 Å². The number of ether oxygens (including phenoxy) is 1. The van der Waals surface area contributed by atoms with E-state index in [1.165, 1.54) is 19.1 Å². The number of carbonyl (C=O) groups excluding carboxylic acids is 1. The Balaban J connectivity index is 0.000000224. The highest BCUT2D eigenvalue weighted by atomic mass is 16.5. The minimum Gasteiger partial charge on any atom is -0.508 e. The second kappa shape index (κ2) is 8.85. The third-order valence-corrected chi connectivity index (χ3v) is 3.16. The standard InChI is InChI=1S/C10H14O2.C8H8O2/c1-3-10(11)8-4-6-9(12-2)7-5-8;1-6(9)7-2-4-8(10)5-3-7/h4-7,10-11H,3H2,1-2H3;2-5,10H,1H3. The molecule has 118 valence electrons. The topological polar surface area (TPSA) is 66.8 Å². The maximum Gasteiger partial charge on any atom is 0.159 e. The van der Waals surface area contributed by atoms with Gasteiger partial charge in [0.15, 0.2) is 5.78 Å². The fourth-order valence-corrected chi connectivity index (χ4v) is 1.76. The van der Waals surface area contributed by atoms with Crippen molar-refractivity contribution in [1.82, 2.24) is 0 Å². The molecule has 0 saturated carbocycles. The summed E-state index contributed by atoms with van der Waals surface area (Å²) >= 11 is 0. The number of phenolic OH excluding ortho intramolecular Hbond substituents is 1. The fraction of sp³-hybridized carbons (Fsp3) is 0.278. The van der Waals surface area contributed by atoms with Crippen molar-refractivity contribution in [2.75, 3.05) is 7.11 Å². The summed E-state index contributed by atoms with van der Waals surface area (Å²) in [6.45, 7) is 3.45. The van der Waals surface area contributed by atoms with E-state index in [-0.39, 0.29) is 17.6 Å². The molecule has 0 aromatic heterocycles. The first-order valence-corrected chi connectivity index (χ1v) is 7.10. The molecule has 1 atom stereocenters. The predicted molar refractivity (Wildman–Crippen MR) is 86.4 cm³/mol. The predicted octanol–water partition coefficient (Wildman–Crippen LogP) is 3.73. The molecular formula is C18H22O4. The van der Waals surface area contributed by atoms with Crippen molar-refractivity contribution in [3.8, 4) is 11.5 Å². The zero-order chi connectivity index (χ0) is 16.5. The summed E-state index contributed by atoms with van der Waals surface area (Å²) < 4.78 is 5.00. The third kappa shape index (κ3) is 5.58. The van der Waals surface area contributed by atoms with Gasteiger partial charge in [0, 0.05) is 5.56 Å². The maximum atomic E-state index is 10.7. The van der Waals surface area contributed by atoms with Gasteiger partial charge in [-0.2, -0.15) is 0 Å². The lowest BCUT2D eigenvalue weighted by Gasteiger charge is -2.08. The van der Waals surface area contributed by atoms with Gasteiger partial charge in [-0.15, -0.1) is 0 Å². The van der Waals surface area contributed by atoms with E-state index in [9.17, 15) is 9.90 Å². The van der Waals surface area contributed by atoms with E-state index < -0.39 is 0 Å². The zero-order valence-corrected chi connectivity index (χ0v) is 13.1. The first-order chi connectivity index (χ1) is 10.5. The fourth-order valence-electron chi connectivity index (χ4n) is 1.76. The molecule has 2 aromatic carbocycles. The molecule has 2 N–H and O–H groups in total. The van der Waals surface area contributed by atoms with Crippen molar-refractivity contribution in [1.29, 1.82) is 0 Å². The first kappa shape index (κ1) is 17.7. The Morgan fingerprint density at radius 3 is 2.05 bits per heavy atom. The van der Waals surface area contributed by atoms with Crippen molar-refractivity contribution < 1.29 is 19.7 Å². The van der Waals surface area contributed by atoms with Gasteiger partial charge in [0.1, 0.15) is 11.5 Å². The SMILES string of the molecule is CC(=O)c1ccc(O)cc1.CCC(O)c1ccc(OC)cc1. The van der Waals surface area contributed by atoms with E-state index in [4.69, 9.17) is 9.84 Å². The van der Waals surface area contributed by atoms with Crippen LogP contribution in [0, 0.1) is 0 Å². The lowest BCUT2D eigenvalue weighted by molar-refractivity contribution is 0.101. The van der Waals surface area contributed by atoms with Crippen molar-refractivity contribution in [2.24, 2.45) is 0 Å². The number of hydrogen-bond acceptors (Lipinski definition) is 4. The molecule has 2 aromatic rings. The molecule has 4 heteroatoms. The Bertz CT molecular complexity index is 573. The average molecular weight is 302 g/mol. The van der Waals surface area contributed by atoms with Crippen LogP contribution in [0.2, 0.25) is 0 Å². The number of carbonyl (C=O) groups is 1. The Kier molecular flexibility index (Phi) is 7.13. The van der Waals surface area contributed by atoms with E-state index in [0.29, 0.717) is 5.56 Å². The molecule has 0 aliphatic heterocycles. The van der Waals surface area contributed by atoms with Gasteiger partial charge in [0.25, 0.3) is 0 Å². The molecule has 4 nitrogen and oxygen atoms in total. The monoisotopic (exact) mass is 302 g/mol. The van der Waals surface area contributed by atoms with Gasteiger partial charge in [-0.3, -0.25) is 4.79 Å². The summed E-state index contributed by atoms with van der Waals surface area (Å²) in [7, 11) is 1.63. The number of aliphatic hydroxyl groups is 1. The number of methoxy groups -OCH3 is 1. The van der Waals surface area contributed by atoms with E-state index in [1.54, 1.807) is 19.2 Å². The Morgan fingerprint density at radius 1 is 1.09 bits per heavy atom. The largest absolute Gasteiger partial charge is 0.508 e. The van der Waals surface area contributed by atoms with Gasteiger partial charge in [0.2, 0.25) is 0 Å². The Morgan fingerprint density at radius 2 is 1.64 bits per heavy atom. The second-order valence-electron chi connectivity index (χ2n) is 4.80. The highest BCUT2D eigenvalue weighted by Gasteiger charge is 2.03. The molecule has 0 saturated heterocycles. The van der Waals surface area contributed by atoms with Crippen LogP contribution in [0.1, 0.15) is 42.3 Å². The van der Waals surface area contributed by atoms with Crippen LogP contribution in [0.3, 0.4) is 0 Å². The summed E-state index contributed by atoms with van der Waals surface area (Å²) in [4.78, 5) is 10.7. The molecule has 2 rings (SSSR count). The van der Waals surface area contributed by atoms with Crippen molar-refractivity contribution in [3.63, 3.8) is 0 Å². The first-order valence-electron chi connectivity index (χ1n) is 7.10. The number of aliphatic hydroxyl groups excluding tert-OH is 1. The van der Waals surface area contributed by atoms with E-state index >= 15 is 0 Å². The molecule has 0 radical (unpaired) electrons. The van der Waals surface area contributed by atoms with Crippen LogP contribution in [0.15, 0.2) is 48.5 Å². The number of aromatic hydroxyl groups is 1. The molecular weight excluding hydrogens is 280 g/mol. The molecule has 0 amide bonds. The van der Waals surface area contributed by atoms with Gasteiger partial charge in [0.05, 0.1) is 13.2 Å². The molecule has 0 fully saturated rings. The van der Waals surface area contributed by atoms with Crippen LogP contribution >= 0.6 is 0 Å². The van der Waals surface area contributed by atoms with Crippen molar-refractivity contribution >= 4 is 5.78 Å². The minimum atomic E-state index is -0.351. The molecule has 0 spiro atoms. The molecule has 0 aliphatic rings. The Hall–Kier alpha value is -2.33. The van der Waals surface area contributed by atoms with Gasteiger partial charge in [-0.25, -0.2) is 0 Å². The number of hydrogen-bond donors (Lipinski definition) is 2. The van der Waals surface area contributed by atoms with Crippen molar-refractivity contribution in [3.05, 3.63) is 59.7 Å². The van der Waals surface area contributed by atoms with Gasteiger partial charge in [-0.1, -0.05) is 19.1 Å². The van der Waals surface area contributed by atoms with Crippen LogP contribution in [-0.2, 0) is 0 Å². The number of benzene rings is 2. The van der Waals surface area contributed by atoms with Crippen LogP contribution in [-0.4, -0.2) is 23.1 Å². The quantitative estimate of drug-likeness (QED) is 0.844. The minimum absolute atomic E-state index is 0.0139. The van der Waals surface area contributed by atoms with Crippen LogP contribution < -0.4 is 4.74 Å². The lowest BCUT2D eigenvalue weighted by Crippen LogP contribution is -1.94. The molecule has 0 aliphatic carbocycles. The molecule has 0 bridgehead atoms. The van der Waals surface area contributed by atoms with E-state index in [2.05, 4.69) is 0 Å². The highest BCUT2D eigenvalue weighted by Crippen LogP contribution is 2.19. The van der Waals surface area contributed by atoms with E-state index in [0.717, 1.165) is 17.7 Å². The highest BCUT2D eigenvalue weighted by molar-refractivity contribution is 5.94. The van der Waals surface area contributed by atoms with Gasteiger partial charge < -0.3 is 14.9 Å². The lowest BCUT2D eigenvalue weighted by atomic mass is 10.1. The van der Waals surface area contributed by atoms with E-state index in [1.807, 2.05) is 31.2 Å². The second-order valence-corrected chi connectivity index (χ2v) is 4.80. The molecule has 0 heterocycles. The summed E-state index contributed by atoms with van der Waals surface area (Å²) in [6.07, 6.45) is 0.391. The number of ketones is 1. The summed E-state index contributed by atoms with van der Waals surface area (Å²) in [5, 5.41) is 18.3. The van der Waals surface area contributed by atoms with Crippen molar-refractivity contribution in [2.45, 2.75) is 26.4 Å². The zero-order valence-electron chi connectivity index (χ0n) is 13.1. The smallest absolute Gasteiger partial charge is 0.159 e. The van der Waals surface area contributed by atoms with Crippen LogP contribution in [0.25, 0.3) is 0 Å². The summed E-state index contributed by atoms with van der Waals surface area (Å²) in [6, 6.07) is 13.7. The van der Waals surface area contributed by atoms with Crippen LogP contribution in [0.4, 0.5) is 0 Å². The number of rotatable bonds is 4. The summed E-state index contributed by atoms with van der Waals surface area (Å²) in [5.74, 6) is 1.02. The number of phenols is 1. The number of Topliss-reactive ketones (excluding diaryl/α,β-unsaturated/α-hetero) is 1. The maximum absolute atomic E-state index is 10.7. The summed E-state index contributed by atoms with van der Waals surface area (Å²) in [5.41, 5.74) is 1.57. The molecule has 1 unspecified atom stereocenters. The normalized spacial score (nSPS) is 11.1. The third-order valence-electron chi connectivity index (χ3n) is 3.16.